The Hall–Kier alpha value is -2.02. The van der Waals surface area contributed by atoms with E-state index in [0.29, 0.717) is 19.4 Å². The maximum Gasteiger partial charge on any atom is 0.270 e. The van der Waals surface area contributed by atoms with Crippen LogP contribution in [0, 0.1) is 15.9 Å². The van der Waals surface area contributed by atoms with Gasteiger partial charge in [0.1, 0.15) is 5.82 Å². The first kappa shape index (κ1) is 15.4. The maximum atomic E-state index is 13.7. The van der Waals surface area contributed by atoms with Crippen LogP contribution in [0.5, 0.6) is 0 Å². The second kappa shape index (κ2) is 5.77. The number of carbonyl (C=O) groups is 1. The second-order valence-electron chi connectivity index (χ2n) is 5.69. The molecule has 2 rings (SSSR count). The smallest absolute Gasteiger partial charge is 0.270 e. The average Bonchev–Trinajstić information content (AvgIpc) is 2.37. The van der Waals surface area contributed by atoms with Gasteiger partial charge < -0.3 is 10.1 Å². The zero-order chi connectivity index (χ0) is 15.6. The monoisotopic (exact) mass is 296 g/mol. The number of ether oxygens (including phenoxy) is 1. The van der Waals surface area contributed by atoms with E-state index in [0.717, 1.165) is 18.2 Å². The van der Waals surface area contributed by atoms with Crippen molar-refractivity contribution in [1.82, 2.24) is 5.32 Å². The molecule has 6 nitrogen and oxygen atoms in total. The molecule has 1 saturated heterocycles. The number of hydrogen-bond acceptors (Lipinski definition) is 4. The number of nitrogens with zero attached hydrogens (tertiary/aromatic N) is 1. The molecule has 1 aromatic rings. The lowest BCUT2D eigenvalue weighted by Crippen LogP contribution is -2.46. The van der Waals surface area contributed by atoms with Crippen molar-refractivity contribution in [2.24, 2.45) is 0 Å². The lowest BCUT2D eigenvalue weighted by Gasteiger charge is -2.35. The van der Waals surface area contributed by atoms with Gasteiger partial charge in [-0.3, -0.25) is 14.9 Å². The van der Waals surface area contributed by atoms with Crippen molar-refractivity contribution in [2.75, 3.05) is 6.61 Å². The van der Waals surface area contributed by atoms with E-state index < -0.39 is 16.6 Å². The quantitative estimate of drug-likeness (QED) is 0.686. The third-order valence-electron chi connectivity index (χ3n) is 3.44. The second-order valence-corrected chi connectivity index (χ2v) is 5.69. The van der Waals surface area contributed by atoms with Crippen molar-refractivity contribution < 1.29 is 18.8 Å². The van der Waals surface area contributed by atoms with Crippen LogP contribution in [0.15, 0.2) is 18.2 Å². The maximum absolute atomic E-state index is 13.7. The van der Waals surface area contributed by atoms with Crippen LogP contribution in [0.2, 0.25) is 0 Å². The largest absolute Gasteiger partial charge is 0.375 e. The number of hydrogen-bond donors (Lipinski definition) is 1. The van der Waals surface area contributed by atoms with Gasteiger partial charge in [-0.15, -0.1) is 0 Å². The number of nitrogens with one attached hydrogen (secondary N) is 1. The van der Waals surface area contributed by atoms with Crippen molar-refractivity contribution >= 4 is 11.6 Å². The summed E-state index contributed by atoms with van der Waals surface area (Å²) in [6, 6.07) is 2.78. The highest BCUT2D eigenvalue weighted by atomic mass is 19.1. The molecule has 0 aliphatic carbocycles. The summed E-state index contributed by atoms with van der Waals surface area (Å²) in [7, 11) is 0. The molecule has 0 bridgehead atoms. The molecule has 1 amide bonds. The lowest BCUT2D eigenvalue weighted by atomic mass is 9.93. The normalized spacial score (nSPS) is 20.8. The number of amides is 1. The molecule has 1 aliphatic rings. The average molecular weight is 296 g/mol. The molecule has 0 unspecified atom stereocenters. The van der Waals surface area contributed by atoms with Crippen LogP contribution in [0.3, 0.4) is 0 Å². The molecule has 114 valence electrons. The Morgan fingerprint density at radius 3 is 2.86 bits per heavy atom. The van der Waals surface area contributed by atoms with Crippen LogP contribution < -0.4 is 5.32 Å². The first-order chi connectivity index (χ1) is 9.78. The van der Waals surface area contributed by atoms with Crippen molar-refractivity contribution in [3.63, 3.8) is 0 Å². The van der Waals surface area contributed by atoms with E-state index in [9.17, 15) is 19.3 Å². The van der Waals surface area contributed by atoms with Gasteiger partial charge in [0, 0.05) is 24.8 Å². The number of benzene rings is 1. The number of carbonyl (C=O) groups excluding carboxylic acids is 1. The Bertz CT molecular complexity index is 574. The lowest BCUT2D eigenvalue weighted by molar-refractivity contribution is -0.384. The summed E-state index contributed by atoms with van der Waals surface area (Å²) in [5.74, 6) is -1.41. The summed E-state index contributed by atoms with van der Waals surface area (Å²) in [5.41, 5.74) is -0.973. The van der Waals surface area contributed by atoms with E-state index in [1.165, 1.54) is 0 Å². The van der Waals surface area contributed by atoms with Crippen molar-refractivity contribution in [3.05, 3.63) is 39.7 Å². The highest BCUT2D eigenvalue weighted by Gasteiger charge is 2.30. The summed E-state index contributed by atoms with van der Waals surface area (Å²) >= 11 is 0. The molecule has 1 heterocycles. The fourth-order valence-electron chi connectivity index (χ4n) is 2.42. The number of nitro benzene ring substituents is 1. The summed E-state index contributed by atoms with van der Waals surface area (Å²) in [4.78, 5) is 22.1. The summed E-state index contributed by atoms with van der Waals surface area (Å²) < 4.78 is 19.2. The Balaban J connectivity index is 2.13. The van der Waals surface area contributed by atoms with Gasteiger partial charge in [-0.05, 0) is 32.8 Å². The standard InChI is InChI=1S/C14H17FN2O4/c1-14(2)8-9(5-6-21-14)16-13(18)11-7-10(17(19)20)3-4-12(11)15/h3-4,7,9H,5-6,8H2,1-2H3,(H,16,18)/t9-/m0/s1. The molecule has 21 heavy (non-hydrogen) atoms. The fourth-order valence-corrected chi connectivity index (χ4v) is 2.42. The predicted octanol–water partition coefficient (Wildman–Crippen LogP) is 2.42. The molecular formula is C14H17FN2O4. The van der Waals surface area contributed by atoms with Crippen LogP contribution in [0.1, 0.15) is 37.0 Å². The Morgan fingerprint density at radius 1 is 1.52 bits per heavy atom. The highest BCUT2D eigenvalue weighted by molar-refractivity contribution is 5.95. The summed E-state index contributed by atoms with van der Waals surface area (Å²) in [6.07, 6.45) is 1.24. The Labute approximate surface area is 121 Å². The topological polar surface area (TPSA) is 81.5 Å². The molecule has 1 aromatic carbocycles. The van der Waals surface area contributed by atoms with Gasteiger partial charge in [-0.1, -0.05) is 0 Å². The number of non-ortho nitro benzene ring substituents is 1. The van der Waals surface area contributed by atoms with Gasteiger partial charge in [-0.2, -0.15) is 0 Å². The van der Waals surface area contributed by atoms with Crippen molar-refractivity contribution in [1.29, 1.82) is 0 Å². The van der Waals surface area contributed by atoms with Crippen LogP contribution in [0.4, 0.5) is 10.1 Å². The predicted molar refractivity (Wildman–Crippen MR) is 73.6 cm³/mol. The van der Waals surface area contributed by atoms with Crippen LogP contribution in [-0.2, 0) is 4.74 Å². The van der Waals surface area contributed by atoms with Crippen LogP contribution >= 0.6 is 0 Å². The third-order valence-corrected chi connectivity index (χ3v) is 3.44. The van der Waals surface area contributed by atoms with Crippen LogP contribution in [0.25, 0.3) is 0 Å². The molecule has 0 aromatic heterocycles. The van der Waals surface area contributed by atoms with E-state index in [1.807, 2.05) is 13.8 Å². The Morgan fingerprint density at radius 2 is 2.24 bits per heavy atom. The van der Waals surface area contributed by atoms with E-state index in [1.54, 1.807) is 0 Å². The first-order valence-corrected chi connectivity index (χ1v) is 6.67. The zero-order valence-corrected chi connectivity index (χ0v) is 11.9. The summed E-state index contributed by atoms with van der Waals surface area (Å²) in [5, 5.41) is 13.4. The Kier molecular flexibility index (Phi) is 4.22. The molecule has 1 N–H and O–H groups in total. The minimum absolute atomic E-state index is 0.139. The molecule has 0 radical (unpaired) electrons. The highest BCUT2D eigenvalue weighted by Crippen LogP contribution is 2.24. The SMILES string of the molecule is CC1(C)C[C@@H](NC(=O)c2cc([N+](=O)[O-])ccc2F)CCO1. The van der Waals surface area contributed by atoms with Gasteiger partial charge in [0.25, 0.3) is 11.6 Å². The molecule has 7 heteroatoms. The first-order valence-electron chi connectivity index (χ1n) is 6.67. The molecular weight excluding hydrogens is 279 g/mol. The fraction of sp³-hybridized carbons (Fsp3) is 0.500. The zero-order valence-electron chi connectivity index (χ0n) is 11.9. The molecule has 0 saturated carbocycles. The van der Waals surface area contributed by atoms with Gasteiger partial charge in [-0.25, -0.2) is 4.39 Å². The van der Waals surface area contributed by atoms with E-state index in [2.05, 4.69) is 5.32 Å². The number of nitro groups is 1. The van der Waals surface area contributed by atoms with E-state index in [4.69, 9.17) is 4.74 Å². The van der Waals surface area contributed by atoms with E-state index in [-0.39, 0.29) is 22.9 Å². The number of rotatable bonds is 3. The van der Waals surface area contributed by atoms with Crippen LogP contribution in [-0.4, -0.2) is 29.1 Å². The minimum Gasteiger partial charge on any atom is -0.375 e. The molecule has 1 fully saturated rings. The molecule has 1 atom stereocenters. The summed E-state index contributed by atoms with van der Waals surface area (Å²) in [6.45, 7) is 4.34. The van der Waals surface area contributed by atoms with Crippen molar-refractivity contribution in [2.45, 2.75) is 38.3 Å². The number of halogens is 1. The van der Waals surface area contributed by atoms with Crippen molar-refractivity contribution in [3.8, 4) is 0 Å². The van der Waals surface area contributed by atoms with Gasteiger partial charge in [0.2, 0.25) is 0 Å². The van der Waals surface area contributed by atoms with Gasteiger partial charge in [0.05, 0.1) is 16.1 Å². The minimum atomic E-state index is -0.774. The van der Waals surface area contributed by atoms with Gasteiger partial charge >= 0.3 is 0 Å². The van der Waals surface area contributed by atoms with Gasteiger partial charge in [0.15, 0.2) is 0 Å². The molecule has 1 aliphatic heterocycles. The third kappa shape index (κ3) is 3.75. The van der Waals surface area contributed by atoms with E-state index >= 15 is 0 Å². The molecule has 0 spiro atoms.